The SMILES string of the molecule is CC(C)(C)c1cc(S(C)(=O)=O)ccc1OB(O)O. The molecule has 1 rings (SSSR count). The maximum absolute atomic E-state index is 11.5. The molecule has 0 aliphatic heterocycles. The monoisotopic (exact) mass is 272 g/mol. The van der Waals surface area contributed by atoms with Crippen LogP contribution in [-0.4, -0.2) is 32.0 Å². The van der Waals surface area contributed by atoms with Crippen molar-refractivity contribution in [3.8, 4) is 5.75 Å². The Balaban J connectivity index is 3.39. The maximum Gasteiger partial charge on any atom is 0.707 e. The predicted molar refractivity (Wildman–Crippen MR) is 69.1 cm³/mol. The third-order valence-electron chi connectivity index (χ3n) is 2.42. The average Bonchev–Trinajstić information content (AvgIpc) is 2.13. The Morgan fingerprint density at radius 2 is 1.78 bits per heavy atom. The summed E-state index contributed by atoms with van der Waals surface area (Å²) in [6.07, 6.45) is 1.12. The number of benzene rings is 1. The standard InChI is InChI=1S/C11H17BO5S/c1-11(2,3)9-7-8(18(4,15)16)5-6-10(9)17-12(13)14/h5-7,13-14H,1-4H3. The Kier molecular flexibility index (Phi) is 4.10. The van der Waals surface area contributed by atoms with Gasteiger partial charge in [0.15, 0.2) is 9.84 Å². The summed E-state index contributed by atoms with van der Waals surface area (Å²) < 4.78 is 27.9. The van der Waals surface area contributed by atoms with Crippen LogP contribution in [0.15, 0.2) is 23.1 Å². The second-order valence-corrected chi connectivity index (χ2v) is 7.14. The van der Waals surface area contributed by atoms with Gasteiger partial charge in [-0.25, -0.2) is 8.42 Å². The molecule has 0 atom stereocenters. The van der Waals surface area contributed by atoms with Crippen LogP contribution in [0.5, 0.6) is 5.75 Å². The summed E-state index contributed by atoms with van der Waals surface area (Å²) in [6.45, 7) is 5.64. The molecule has 2 N–H and O–H groups in total. The molecule has 0 saturated heterocycles. The van der Waals surface area contributed by atoms with E-state index in [1.165, 1.54) is 18.2 Å². The van der Waals surface area contributed by atoms with Crippen molar-refractivity contribution in [1.29, 1.82) is 0 Å². The van der Waals surface area contributed by atoms with Gasteiger partial charge < -0.3 is 14.7 Å². The van der Waals surface area contributed by atoms with E-state index >= 15 is 0 Å². The molecule has 0 amide bonds. The average molecular weight is 272 g/mol. The van der Waals surface area contributed by atoms with E-state index in [1.54, 1.807) is 0 Å². The van der Waals surface area contributed by atoms with Crippen molar-refractivity contribution >= 4 is 17.2 Å². The molecule has 0 radical (unpaired) electrons. The number of sulfone groups is 1. The predicted octanol–water partition coefficient (Wildman–Crippen LogP) is 0.736. The zero-order valence-corrected chi connectivity index (χ0v) is 11.7. The van der Waals surface area contributed by atoms with Crippen LogP contribution in [0.25, 0.3) is 0 Å². The molecule has 1 aromatic carbocycles. The van der Waals surface area contributed by atoms with Gasteiger partial charge in [-0.1, -0.05) is 20.8 Å². The zero-order chi connectivity index (χ0) is 14.1. The molecule has 0 saturated carbocycles. The van der Waals surface area contributed by atoms with Gasteiger partial charge in [0.1, 0.15) is 5.75 Å². The van der Waals surface area contributed by atoms with E-state index in [4.69, 9.17) is 14.7 Å². The van der Waals surface area contributed by atoms with Crippen LogP contribution in [-0.2, 0) is 15.3 Å². The molecule has 0 aromatic heterocycles. The van der Waals surface area contributed by atoms with Crippen LogP contribution in [0.4, 0.5) is 0 Å². The molecule has 7 heteroatoms. The highest BCUT2D eigenvalue weighted by atomic mass is 32.2. The lowest BCUT2D eigenvalue weighted by molar-refractivity contribution is 0.285. The first kappa shape index (κ1) is 15.0. The summed E-state index contributed by atoms with van der Waals surface area (Å²) in [6, 6.07) is 4.30. The van der Waals surface area contributed by atoms with Crippen LogP contribution in [0, 0.1) is 0 Å². The highest BCUT2D eigenvalue weighted by Crippen LogP contribution is 2.33. The molecule has 0 heterocycles. The molecule has 18 heavy (non-hydrogen) atoms. The van der Waals surface area contributed by atoms with Gasteiger partial charge >= 0.3 is 7.32 Å². The minimum Gasteiger partial charge on any atom is -0.512 e. The van der Waals surface area contributed by atoms with Gasteiger partial charge in [-0.15, -0.1) is 0 Å². The topological polar surface area (TPSA) is 83.8 Å². The largest absolute Gasteiger partial charge is 0.707 e. The van der Waals surface area contributed by atoms with Crippen molar-refractivity contribution in [1.82, 2.24) is 0 Å². The van der Waals surface area contributed by atoms with Crippen molar-refractivity contribution in [2.75, 3.05) is 6.26 Å². The van der Waals surface area contributed by atoms with E-state index in [1.807, 2.05) is 20.8 Å². The van der Waals surface area contributed by atoms with Crippen molar-refractivity contribution in [2.45, 2.75) is 31.1 Å². The van der Waals surface area contributed by atoms with E-state index in [-0.39, 0.29) is 16.1 Å². The van der Waals surface area contributed by atoms with Gasteiger partial charge in [-0.3, -0.25) is 0 Å². The van der Waals surface area contributed by atoms with Gasteiger partial charge in [-0.2, -0.15) is 0 Å². The Hall–Kier alpha value is -1.05. The Bertz CT molecular complexity index is 531. The van der Waals surface area contributed by atoms with Gasteiger partial charge in [-0.05, 0) is 29.2 Å². The Morgan fingerprint density at radius 3 is 2.17 bits per heavy atom. The van der Waals surface area contributed by atoms with Crippen LogP contribution in [0.2, 0.25) is 0 Å². The molecule has 5 nitrogen and oxygen atoms in total. The van der Waals surface area contributed by atoms with Crippen molar-refractivity contribution in [3.05, 3.63) is 23.8 Å². The van der Waals surface area contributed by atoms with Crippen molar-refractivity contribution in [2.24, 2.45) is 0 Å². The normalized spacial score (nSPS) is 12.3. The van der Waals surface area contributed by atoms with E-state index in [0.29, 0.717) is 5.56 Å². The second kappa shape index (κ2) is 4.91. The molecule has 0 aliphatic rings. The van der Waals surface area contributed by atoms with E-state index in [0.717, 1.165) is 6.26 Å². The molecular formula is C11H17BO5S. The lowest BCUT2D eigenvalue weighted by atomic mass is 9.86. The molecule has 1 aromatic rings. The van der Waals surface area contributed by atoms with Crippen LogP contribution < -0.4 is 4.65 Å². The van der Waals surface area contributed by atoms with Gasteiger partial charge in [0.2, 0.25) is 0 Å². The number of rotatable bonds is 3. The quantitative estimate of drug-likeness (QED) is 0.793. The van der Waals surface area contributed by atoms with E-state index < -0.39 is 17.2 Å². The Morgan fingerprint density at radius 1 is 1.22 bits per heavy atom. The number of hydrogen-bond donors (Lipinski definition) is 2. The zero-order valence-electron chi connectivity index (χ0n) is 10.8. The third-order valence-corrected chi connectivity index (χ3v) is 3.53. The summed E-state index contributed by atoms with van der Waals surface area (Å²) >= 11 is 0. The summed E-state index contributed by atoms with van der Waals surface area (Å²) in [7, 11) is -5.25. The molecule has 0 spiro atoms. The molecule has 100 valence electrons. The fourth-order valence-electron chi connectivity index (χ4n) is 1.54. The maximum atomic E-state index is 11.5. The summed E-state index contributed by atoms with van der Waals surface area (Å²) in [5.41, 5.74) is 0.212. The lowest BCUT2D eigenvalue weighted by Crippen LogP contribution is -2.23. The first-order valence-corrected chi connectivity index (χ1v) is 7.28. The van der Waals surface area contributed by atoms with Gasteiger partial charge in [0.25, 0.3) is 0 Å². The second-order valence-electron chi connectivity index (χ2n) is 5.12. The smallest absolute Gasteiger partial charge is 0.512 e. The minimum absolute atomic E-state index is 0.173. The van der Waals surface area contributed by atoms with E-state index in [9.17, 15) is 8.42 Å². The Labute approximate surface area is 108 Å². The van der Waals surface area contributed by atoms with Crippen molar-refractivity contribution in [3.63, 3.8) is 0 Å². The van der Waals surface area contributed by atoms with Crippen molar-refractivity contribution < 1.29 is 23.1 Å². The van der Waals surface area contributed by atoms with Crippen LogP contribution in [0.1, 0.15) is 26.3 Å². The summed E-state index contributed by atoms with van der Waals surface area (Å²) in [5, 5.41) is 17.7. The fraction of sp³-hybridized carbons (Fsp3) is 0.455. The molecular weight excluding hydrogens is 255 g/mol. The highest BCUT2D eigenvalue weighted by Gasteiger charge is 2.24. The van der Waals surface area contributed by atoms with Gasteiger partial charge in [0, 0.05) is 6.26 Å². The third kappa shape index (κ3) is 3.73. The fourth-order valence-corrected chi connectivity index (χ4v) is 2.19. The summed E-state index contributed by atoms with van der Waals surface area (Å²) in [4.78, 5) is 0.173. The van der Waals surface area contributed by atoms with Crippen LogP contribution in [0.3, 0.4) is 0 Å². The molecule has 0 fully saturated rings. The lowest BCUT2D eigenvalue weighted by Gasteiger charge is -2.23. The minimum atomic E-state index is -3.31. The van der Waals surface area contributed by atoms with E-state index in [2.05, 4.69) is 0 Å². The molecule has 0 unspecified atom stereocenters. The first-order chi connectivity index (χ1) is 8.01. The van der Waals surface area contributed by atoms with Gasteiger partial charge in [0.05, 0.1) is 4.90 Å². The molecule has 0 bridgehead atoms. The number of hydrogen-bond acceptors (Lipinski definition) is 5. The highest BCUT2D eigenvalue weighted by molar-refractivity contribution is 7.90. The molecule has 0 aliphatic carbocycles. The first-order valence-electron chi connectivity index (χ1n) is 5.39. The van der Waals surface area contributed by atoms with Crippen LogP contribution >= 0.6 is 0 Å². The summed E-state index contributed by atoms with van der Waals surface area (Å²) in [5.74, 6) is 0.255.